The van der Waals surface area contributed by atoms with E-state index in [2.05, 4.69) is 55.4 Å². The van der Waals surface area contributed by atoms with Crippen molar-refractivity contribution in [1.29, 1.82) is 0 Å². The predicted molar refractivity (Wildman–Crippen MR) is 291 cm³/mol. The highest BCUT2D eigenvalue weighted by Crippen LogP contribution is 2.52. The third kappa shape index (κ3) is 20.5. The van der Waals surface area contributed by atoms with Crippen molar-refractivity contribution in [1.82, 2.24) is 0 Å². The molecule has 10 nitrogen and oxygen atoms in total. The summed E-state index contributed by atoms with van der Waals surface area (Å²) in [6, 6.07) is 37.6. The molecule has 0 aromatic heterocycles. The van der Waals surface area contributed by atoms with E-state index in [0.29, 0.717) is 0 Å². The summed E-state index contributed by atoms with van der Waals surface area (Å²) < 4.78 is 72.2. The van der Waals surface area contributed by atoms with Crippen LogP contribution in [0.2, 0.25) is 0 Å². The molecule has 1 aliphatic heterocycles. The zero-order chi connectivity index (χ0) is 51.8. The van der Waals surface area contributed by atoms with Gasteiger partial charge in [-0.05, 0) is 110 Å². The molecule has 0 bridgehead atoms. The summed E-state index contributed by atoms with van der Waals surface area (Å²) in [6.07, 6.45) is 13.5. The maximum atomic E-state index is 13.8. The van der Waals surface area contributed by atoms with Crippen LogP contribution in [0.25, 0.3) is 0 Å². The van der Waals surface area contributed by atoms with Crippen molar-refractivity contribution in [3.05, 3.63) is 166 Å². The van der Waals surface area contributed by atoms with Crippen LogP contribution in [-0.4, -0.2) is 18.5 Å². The van der Waals surface area contributed by atoms with Crippen molar-refractivity contribution in [3.63, 3.8) is 0 Å². The van der Waals surface area contributed by atoms with E-state index in [0.717, 1.165) is 87.5 Å². The van der Waals surface area contributed by atoms with Crippen LogP contribution in [0.15, 0.2) is 121 Å². The second-order valence-corrected chi connectivity index (χ2v) is 23.5. The summed E-state index contributed by atoms with van der Waals surface area (Å²) >= 11 is 5.49. The topological polar surface area (TPSA) is 108 Å². The fourth-order valence-corrected chi connectivity index (χ4v) is 11.2. The summed E-state index contributed by atoms with van der Waals surface area (Å²) in [7, 11) is -7.64. The molecule has 0 aliphatic carbocycles. The number of phosphoric ester groups is 2. The molecule has 0 fully saturated rings. The Balaban J connectivity index is 0.000000380. The Kier molecular flexibility index (Phi) is 25.1. The minimum absolute atomic E-state index is 0.0931. The molecule has 0 N–H and O–H groups in total. The van der Waals surface area contributed by atoms with Gasteiger partial charge in [-0.25, -0.2) is 13.7 Å². The van der Waals surface area contributed by atoms with Gasteiger partial charge in [0.15, 0.2) is 6.79 Å². The Hall–Kier alpha value is -3.79. The van der Waals surface area contributed by atoms with E-state index in [1.54, 1.807) is 0 Å². The molecule has 5 aromatic carbocycles. The molecule has 0 saturated carbocycles. The molecule has 3 atom stereocenters. The van der Waals surface area contributed by atoms with Crippen LogP contribution in [0.5, 0.6) is 11.5 Å². The number of ether oxygens (including phenoxy) is 2. The van der Waals surface area contributed by atoms with Crippen molar-refractivity contribution in [2.45, 2.75) is 158 Å². The summed E-state index contributed by atoms with van der Waals surface area (Å²) in [5, 5.41) is 0. The van der Waals surface area contributed by atoms with E-state index in [1.165, 1.54) is 56.9 Å². The SMILES string of the molecule is Cc1c(C)c2c(c(C)c1OCOP(=O)(OCc1ccccc1)OCc1ccccc1)CCC(C)(CCCC(C)CCCC(C)CCCC(C)C)O2.O=P(OCCl)(OCc1ccccc1)OCc1ccccc1. The maximum Gasteiger partial charge on any atom is 0.478 e. The normalized spacial score (nSPS) is 15.5. The van der Waals surface area contributed by atoms with Crippen LogP contribution in [0.1, 0.15) is 143 Å². The molecule has 1 heterocycles. The molecule has 6 rings (SSSR count). The van der Waals surface area contributed by atoms with Gasteiger partial charge < -0.3 is 9.47 Å². The number of rotatable bonds is 30. The van der Waals surface area contributed by atoms with E-state index >= 15 is 0 Å². The summed E-state index contributed by atoms with van der Waals surface area (Å²) in [5.74, 6) is 4.15. The van der Waals surface area contributed by atoms with Crippen LogP contribution in [-0.2, 0) is 69.1 Å². The van der Waals surface area contributed by atoms with Gasteiger partial charge in [-0.1, -0.05) is 206 Å². The Labute approximate surface area is 437 Å². The lowest BCUT2D eigenvalue weighted by Gasteiger charge is -2.38. The van der Waals surface area contributed by atoms with Gasteiger partial charge in [0.25, 0.3) is 0 Å². The molecule has 0 amide bonds. The largest absolute Gasteiger partial charge is 0.487 e. The first-order valence-corrected chi connectivity index (χ1v) is 29.3. The average Bonchev–Trinajstić information content (AvgIpc) is 3.38. The third-order valence-corrected chi connectivity index (χ3v) is 16.3. The Morgan fingerprint density at radius 1 is 0.542 bits per heavy atom. The average molecular weight is 1050 g/mol. The van der Waals surface area contributed by atoms with Crippen LogP contribution >= 0.6 is 27.2 Å². The lowest BCUT2D eigenvalue weighted by molar-refractivity contribution is 0.0414. The van der Waals surface area contributed by atoms with Gasteiger partial charge in [-0.15, -0.1) is 0 Å². The highest BCUT2D eigenvalue weighted by Gasteiger charge is 2.35. The summed E-state index contributed by atoms with van der Waals surface area (Å²) in [6.45, 7) is 18.2. The molecule has 72 heavy (non-hydrogen) atoms. The number of hydrogen-bond acceptors (Lipinski definition) is 10. The van der Waals surface area contributed by atoms with Crippen LogP contribution in [0.3, 0.4) is 0 Å². The highest BCUT2D eigenvalue weighted by molar-refractivity contribution is 7.48. The minimum atomic E-state index is -3.96. The Morgan fingerprint density at radius 2 is 0.944 bits per heavy atom. The van der Waals surface area contributed by atoms with Gasteiger partial charge >= 0.3 is 15.6 Å². The van der Waals surface area contributed by atoms with Gasteiger partial charge in [-0.3, -0.25) is 22.6 Å². The molecule has 0 spiro atoms. The first-order chi connectivity index (χ1) is 34.6. The third-order valence-electron chi connectivity index (χ3n) is 13.4. The standard InChI is InChI=1S/C44H65O6P.C15H16ClO4P/c1-33(2)18-15-19-34(3)20-16-21-35(4)22-17-28-44(8)29-27-41-38(7)42(36(5)37(6)43(41)50-44)46-32-49-51(45,47-30-39-23-11-9-12-24-39)48-31-40-25-13-10-14-26-40;16-13-20-21(17,18-11-14-7-3-1-4-8-14)19-12-15-9-5-2-6-10-15/h9-14,23-26,33-35H,15-22,27-32H2,1-8H3;1-10H,11-13H2. The monoisotopic (exact) mass is 1050 g/mol. The first-order valence-electron chi connectivity index (χ1n) is 25.8. The molecule has 13 heteroatoms. The molecular formula is C59H81ClO10P2. The number of hydrogen-bond donors (Lipinski definition) is 0. The highest BCUT2D eigenvalue weighted by atomic mass is 35.5. The molecule has 394 valence electrons. The van der Waals surface area contributed by atoms with Gasteiger partial charge in [-0.2, -0.15) is 0 Å². The van der Waals surface area contributed by atoms with E-state index in [1.807, 2.05) is 121 Å². The smallest absolute Gasteiger partial charge is 0.478 e. The maximum absolute atomic E-state index is 13.8. The number of halogens is 1. The second-order valence-electron chi connectivity index (χ2n) is 20.0. The summed E-state index contributed by atoms with van der Waals surface area (Å²) in [4.78, 5) is 0. The molecular weight excluding hydrogens is 966 g/mol. The van der Waals surface area contributed by atoms with Crippen LogP contribution < -0.4 is 9.47 Å². The van der Waals surface area contributed by atoms with Crippen molar-refractivity contribution in [2.24, 2.45) is 17.8 Å². The van der Waals surface area contributed by atoms with E-state index in [9.17, 15) is 9.13 Å². The van der Waals surface area contributed by atoms with Crippen molar-refractivity contribution >= 4 is 27.2 Å². The molecule has 0 radical (unpaired) electrons. The zero-order valence-electron chi connectivity index (χ0n) is 44.2. The van der Waals surface area contributed by atoms with Crippen molar-refractivity contribution < 1.29 is 45.7 Å². The van der Waals surface area contributed by atoms with Gasteiger partial charge in [0.05, 0.1) is 26.4 Å². The molecule has 3 unspecified atom stereocenters. The number of fused-ring (bicyclic) bond motifs is 1. The van der Waals surface area contributed by atoms with E-state index < -0.39 is 15.6 Å². The Bertz CT molecular complexity index is 2310. The number of alkyl halides is 1. The lowest BCUT2D eigenvalue weighted by atomic mass is 9.83. The van der Waals surface area contributed by atoms with Gasteiger partial charge in [0.1, 0.15) is 23.2 Å². The molecule has 0 saturated heterocycles. The molecule has 1 aliphatic rings. The second kappa shape index (κ2) is 30.5. The van der Waals surface area contributed by atoms with Crippen molar-refractivity contribution in [2.75, 3.05) is 12.9 Å². The predicted octanol–water partition coefficient (Wildman–Crippen LogP) is 17.8. The molecule has 5 aromatic rings. The van der Waals surface area contributed by atoms with E-state index in [4.69, 9.17) is 48.2 Å². The van der Waals surface area contributed by atoms with E-state index in [-0.39, 0.29) is 44.9 Å². The van der Waals surface area contributed by atoms with Crippen molar-refractivity contribution in [3.8, 4) is 11.5 Å². The summed E-state index contributed by atoms with van der Waals surface area (Å²) in [5.41, 5.74) is 7.62. The van der Waals surface area contributed by atoms with Crippen LogP contribution in [0.4, 0.5) is 0 Å². The van der Waals surface area contributed by atoms with Crippen LogP contribution in [0, 0.1) is 38.5 Å². The fraction of sp³-hybridized carbons (Fsp3) is 0.492. The number of benzene rings is 5. The first kappa shape index (κ1) is 59.1. The fourth-order valence-electron chi connectivity index (χ4n) is 8.82. The Morgan fingerprint density at radius 3 is 1.36 bits per heavy atom. The minimum Gasteiger partial charge on any atom is -0.487 e. The zero-order valence-corrected chi connectivity index (χ0v) is 46.7. The van der Waals surface area contributed by atoms with Gasteiger partial charge in [0.2, 0.25) is 0 Å². The lowest BCUT2D eigenvalue weighted by Crippen LogP contribution is -2.37. The quantitative estimate of drug-likeness (QED) is 0.0251. The van der Waals surface area contributed by atoms with Gasteiger partial charge in [0, 0.05) is 5.56 Å². The number of phosphoric acid groups is 2.